The summed E-state index contributed by atoms with van der Waals surface area (Å²) in [5.74, 6) is 13.8. The lowest BCUT2D eigenvalue weighted by Crippen LogP contribution is -2.51. The first-order chi connectivity index (χ1) is 23.7. The predicted octanol–water partition coefficient (Wildman–Crippen LogP) is 9.78. The summed E-state index contributed by atoms with van der Waals surface area (Å²) in [6.45, 7) is 31.9. The molecule has 2 rings (SSSR count). The molecule has 0 aliphatic carbocycles. The van der Waals surface area contributed by atoms with Crippen molar-refractivity contribution in [2.24, 2.45) is 23.5 Å². The SMILES string of the molecule is COc1cc2c(c(OC)c1)C(=O)O[C@H]([C@@H](C)[C@H](O[Si](C)(C)C(C)(C)C)[C@H](C)CC#CCN)CC#CC[C@H](C)[C@H](O[Si](C(C)C)(C(C)C)C(C)C)C2. The largest absolute Gasteiger partial charge is 0.497 e. The van der Waals surface area contributed by atoms with E-state index in [1.165, 1.54) is 0 Å². The minimum absolute atomic E-state index is 0.00211. The molecule has 1 aromatic carbocycles. The molecule has 1 aliphatic heterocycles. The molecule has 0 unspecified atom stereocenters. The molecule has 7 nitrogen and oxygen atoms in total. The molecule has 0 saturated heterocycles. The zero-order valence-electron chi connectivity index (χ0n) is 34.9. The number of carbonyl (C=O) groups is 1. The highest BCUT2D eigenvalue weighted by atomic mass is 28.4. The summed E-state index contributed by atoms with van der Waals surface area (Å²) in [4.78, 5) is 14.6. The average molecular weight is 742 g/mol. The Balaban J connectivity index is 2.76. The minimum Gasteiger partial charge on any atom is -0.497 e. The van der Waals surface area contributed by atoms with Crippen LogP contribution in [0.5, 0.6) is 11.5 Å². The van der Waals surface area contributed by atoms with Gasteiger partial charge >= 0.3 is 5.97 Å². The molecule has 0 radical (unpaired) electrons. The van der Waals surface area contributed by atoms with Gasteiger partial charge in [0.15, 0.2) is 8.32 Å². The molecule has 0 saturated carbocycles. The number of hydrogen-bond acceptors (Lipinski definition) is 7. The van der Waals surface area contributed by atoms with Crippen molar-refractivity contribution in [1.82, 2.24) is 0 Å². The van der Waals surface area contributed by atoms with Crippen LogP contribution in [0.4, 0.5) is 0 Å². The first kappa shape index (κ1) is 44.9. The summed E-state index contributed by atoms with van der Waals surface area (Å²) in [6, 6.07) is 3.71. The summed E-state index contributed by atoms with van der Waals surface area (Å²) in [5.41, 5.74) is 8.15. The van der Waals surface area contributed by atoms with E-state index < -0.39 is 28.7 Å². The summed E-state index contributed by atoms with van der Waals surface area (Å²) in [5, 5.41) is -0.00211. The van der Waals surface area contributed by atoms with Gasteiger partial charge in [0.25, 0.3) is 0 Å². The van der Waals surface area contributed by atoms with Crippen LogP contribution >= 0.6 is 0 Å². The fraction of sp³-hybridized carbons (Fsp3) is 0.738. The van der Waals surface area contributed by atoms with Crippen LogP contribution in [0.25, 0.3) is 0 Å². The summed E-state index contributed by atoms with van der Waals surface area (Å²) >= 11 is 0. The monoisotopic (exact) mass is 741 g/mol. The zero-order valence-corrected chi connectivity index (χ0v) is 36.9. The molecular weight excluding hydrogens is 671 g/mol. The van der Waals surface area contributed by atoms with Gasteiger partial charge in [0.1, 0.15) is 23.2 Å². The molecule has 2 N–H and O–H groups in total. The molecule has 0 amide bonds. The first-order valence-corrected chi connectivity index (χ1v) is 24.2. The summed E-state index contributed by atoms with van der Waals surface area (Å²) < 4.78 is 32.8. The van der Waals surface area contributed by atoms with Gasteiger partial charge in [-0.2, -0.15) is 0 Å². The third kappa shape index (κ3) is 11.1. The van der Waals surface area contributed by atoms with E-state index >= 15 is 0 Å². The van der Waals surface area contributed by atoms with Gasteiger partial charge in [-0.15, -0.1) is 11.8 Å². The molecule has 1 heterocycles. The van der Waals surface area contributed by atoms with Crippen molar-refractivity contribution in [3.63, 3.8) is 0 Å². The van der Waals surface area contributed by atoms with Crippen LogP contribution in [0.1, 0.15) is 118 Å². The smallest absolute Gasteiger partial charge is 0.342 e. The first-order valence-electron chi connectivity index (χ1n) is 19.1. The van der Waals surface area contributed by atoms with Gasteiger partial charge in [0, 0.05) is 31.2 Å². The van der Waals surface area contributed by atoms with Gasteiger partial charge in [-0.1, -0.05) is 94.9 Å². The maximum atomic E-state index is 14.6. The summed E-state index contributed by atoms with van der Waals surface area (Å²) in [7, 11) is -1.27. The lowest BCUT2D eigenvalue weighted by Gasteiger charge is -2.46. The molecule has 0 bridgehead atoms. The summed E-state index contributed by atoms with van der Waals surface area (Å²) in [6.07, 6.45) is 1.32. The van der Waals surface area contributed by atoms with E-state index in [4.69, 9.17) is 28.8 Å². The Morgan fingerprint density at radius 3 is 2.04 bits per heavy atom. The Morgan fingerprint density at radius 1 is 0.941 bits per heavy atom. The van der Waals surface area contributed by atoms with Crippen LogP contribution < -0.4 is 15.2 Å². The molecule has 0 aromatic heterocycles. The van der Waals surface area contributed by atoms with Crippen molar-refractivity contribution in [3.05, 3.63) is 23.3 Å². The highest BCUT2D eigenvalue weighted by Gasteiger charge is 2.48. The maximum absolute atomic E-state index is 14.6. The molecule has 9 heteroatoms. The van der Waals surface area contributed by atoms with E-state index in [2.05, 4.69) is 120 Å². The van der Waals surface area contributed by atoms with Crippen LogP contribution in [0.2, 0.25) is 34.8 Å². The van der Waals surface area contributed by atoms with Gasteiger partial charge in [0.2, 0.25) is 8.32 Å². The quantitative estimate of drug-likeness (QED) is 0.122. The van der Waals surface area contributed by atoms with Crippen molar-refractivity contribution in [3.8, 4) is 35.2 Å². The van der Waals surface area contributed by atoms with E-state index in [1.807, 2.05) is 6.07 Å². The van der Waals surface area contributed by atoms with E-state index in [1.54, 1.807) is 20.3 Å². The number of carbonyl (C=O) groups excluding carboxylic acids is 1. The number of fused-ring (bicyclic) bond motifs is 1. The zero-order chi connectivity index (χ0) is 38.9. The van der Waals surface area contributed by atoms with Crippen LogP contribution in [0.3, 0.4) is 0 Å². The fourth-order valence-electron chi connectivity index (χ4n) is 7.52. The number of methoxy groups -OCH3 is 2. The Bertz CT molecular complexity index is 1390. The second kappa shape index (κ2) is 19.2. The lowest BCUT2D eigenvalue weighted by molar-refractivity contribution is -0.0215. The third-order valence-corrected chi connectivity index (χ3v) is 22.2. The fourth-order valence-corrected chi connectivity index (χ4v) is 14.7. The molecule has 0 fully saturated rings. The van der Waals surface area contributed by atoms with Gasteiger partial charge in [-0.25, -0.2) is 4.79 Å². The van der Waals surface area contributed by atoms with Crippen molar-refractivity contribution in [1.29, 1.82) is 0 Å². The van der Waals surface area contributed by atoms with E-state index in [0.29, 0.717) is 65.9 Å². The normalized spacial score (nSPS) is 20.9. The highest BCUT2D eigenvalue weighted by molar-refractivity contribution is 6.77. The van der Waals surface area contributed by atoms with E-state index in [0.717, 1.165) is 5.56 Å². The number of ether oxygens (including phenoxy) is 3. The second-order valence-electron chi connectivity index (χ2n) is 17.2. The van der Waals surface area contributed by atoms with Crippen LogP contribution in [0, 0.1) is 41.4 Å². The third-order valence-electron chi connectivity index (χ3n) is 11.6. The number of nitrogens with two attached hydrogens (primary N) is 1. The van der Waals surface area contributed by atoms with E-state index in [9.17, 15) is 4.79 Å². The molecule has 1 aliphatic rings. The van der Waals surface area contributed by atoms with Crippen molar-refractivity contribution < 1.29 is 27.9 Å². The van der Waals surface area contributed by atoms with Crippen molar-refractivity contribution in [2.45, 2.75) is 162 Å². The minimum atomic E-state index is -2.28. The lowest BCUT2D eigenvalue weighted by atomic mass is 9.86. The predicted molar refractivity (Wildman–Crippen MR) is 216 cm³/mol. The van der Waals surface area contributed by atoms with Gasteiger partial charge in [-0.3, -0.25) is 0 Å². The number of rotatable bonds is 13. The number of hydrogen-bond donors (Lipinski definition) is 1. The standard InChI is InChI=1S/C42H71NO6Si2/c1-28(2)51(29(3)4,30(5)6)48-37-26-34-25-35(45-13)27-38(46-14)39(34)41(44)47-36(23-18-17-21-31(37)7)33(9)40(32(8)22-19-20-24-43)49-50(15,16)42(10,11)12/h25,27-33,36-37,40H,21-24,26,43H2,1-16H3/t31-,32+,33+,36-,37+,40+/m0/s1. The molecule has 6 atom stereocenters. The number of cyclic esters (lactones) is 1. The number of benzene rings is 1. The van der Waals surface area contributed by atoms with E-state index in [-0.39, 0.29) is 35.0 Å². The Kier molecular flexibility index (Phi) is 16.9. The molecule has 288 valence electrons. The second-order valence-corrected chi connectivity index (χ2v) is 27.3. The van der Waals surface area contributed by atoms with Gasteiger partial charge in [-0.05, 0) is 64.6 Å². The van der Waals surface area contributed by atoms with Crippen LogP contribution in [0.15, 0.2) is 12.1 Å². The van der Waals surface area contributed by atoms with Crippen LogP contribution in [-0.4, -0.2) is 61.7 Å². The topological polar surface area (TPSA) is 89.2 Å². The van der Waals surface area contributed by atoms with Crippen LogP contribution in [-0.2, 0) is 20.0 Å². The maximum Gasteiger partial charge on any atom is 0.342 e. The van der Waals surface area contributed by atoms with Crippen molar-refractivity contribution in [2.75, 3.05) is 20.8 Å². The number of esters is 1. The van der Waals surface area contributed by atoms with Gasteiger partial charge < -0.3 is 28.8 Å². The highest BCUT2D eigenvalue weighted by Crippen LogP contribution is 2.45. The Labute approximate surface area is 314 Å². The Hall–Kier alpha value is -2.28. The van der Waals surface area contributed by atoms with Gasteiger partial charge in [0.05, 0.1) is 33.0 Å². The average Bonchev–Trinajstić information content (AvgIpc) is 3.04. The molecule has 0 spiro atoms. The molecule has 51 heavy (non-hydrogen) atoms. The Morgan fingerprint density at radius 2 is 1.53 bits per heavy atom. The molecule has 1 aromatic rings. The molecular formula is C42H71NO6Si2. The van der Waals surface area contributed by atoms with Crippen molar-refractivity contribution >= 4 is 22.6 Å².